The number of alkyl halides is 2. The molecular formula is C6H12BrCl. The second-order valence-electron chi connectivity index (χ2n) is 2.30. The van der Waals surface area contributed by atoms with Crippen molar-refractivity contribution < 1.29 is 0 Å². The average Bonchev–Trinajstić information content (AvgIpc) is 1.67. The normalized spacial score (nSPS) is 18.0. The minimum Gasteiger partial charge on any atom is -0.125 e. The molecule has 2 heteroatoms. The van der Waals surface area contributed by atoms with Gasteiger partial charge in [-0.05, 0) is 13.3 Å². The minimum atomic E-state index is 0.170. The van der Waals surface area contributed by atoms with E-state index in [1.54, 1.807) is 0 Å². The molecule has 0 N–H and O–H groups in total. The SMILES string of the molecule is CCCC(C)(Br)CCl. The fraction of sp³-hybridized carbons (Fsp3) is 1.00. The molecule has 0 saturated heterocycles. The van der Waals surface area contributed by atoms with Crippen molar-refractivity contribution in [1.29, 1.82) is 0 Å². The summed E-state index contributed by atoms with van der Waals surface area (Å²) >= 11 is 9.13. The van der Waals surface area contributed by atoms with E-state index in [4.69, 9.17) is 11.6 Å². The van der Waals surface area contributed by atoms with Gasteiger partial charge in [0.25, 0.3) is 0 Å². The first kappa shape index (κ1) is 8.77. The summed E-state index contributed by atoms with van der Waals surface area (Å²) in [6, 6.07) is 0. The maximum absolute atomic E-state index is 5.63. The molecule has 1 unspecified atom stereocenters. The van der Waals surface area contributed by atoms with Crippen molar-refractivity contribution in [2.24, 2.45) is 0 Å². The van der Waals surface area contributed by atoms with Gasteiger partial charge in [-0.15, -0.1) is 11.6 Å². The topological polar surface area (TPSA) is 0 Å². The fourth-order valence-corrected chi connectivity index (χ4v) is 1.12. The Labute approximate surface area is 64.7 Å². The molecule has 0 aliphatic carbocycles. The Morgan fingerprint density at radius 2 is 2.12 bits per heavy atom. The molecule has 0 aromatic rings. The predicted molar refractivity (Wildman–Crippen MR) is 43.0 cm³/mol. The summed E-state index contributed by atoms with van der Waals surface area (Å²) in [4.78, 5) is 0. The molecule has 0 amide bonds. The molecule has 0 fully saturated rings. The molecule has 0 saturated carbocycles. The van der Waals surface area contributed by atoms with Crippen LogP contribution in [-0.4, -0.2) is 10.2 Å². The van der Waals surface area contributed by atoms with Crippen molar-refractivity contribution in [2.45, 2.75) is 31.0 Å². The van der Waals surface area contributed by atoms with E-state index >= 15 is 0 Å². The number of rotatable bonds is 3. The van der Waals surface area contributed by atoms with Gasteiger partial charge in [0.1, 0.15) is 0 Å². The van der Waals surface area contributed by atoms with Crippen LogP contribution < -0.4 is 0 Å². The van der Waals surface area contributed by atoms with Crippen molar-refractivity contribution >= 4 is 27.5 Å². The lowest BCUT2D eigenvalue weighted by molar-refractivity contribution is 0.645. The Bertz CT molecular complexity index is 61.5. The van der Waals surface area contributed by atoms with Crippen molar-refractivity contribution in [3.05, 3.63) is 0 Å². The number of halogens is 2. The molecule has 0 aliphatic rings. The highest BCUT2D eigenvalue weighted by Gasteiger charge is 2.16. The highest BCUT2D eigenvalue weighted by Crippen LogP contribution is 2.24. The molecule has 0 nitrogen and oxygen atoms in total. The molecule has 8 heavy (non-hydrogen) atoms. The maximum atomic E-state index is 5.63. The van der Waals surface area contributed by atoms with E-state index in [1.165, 1.54) is 6.42 Å². The van der Waals surface area contributed by atoms with Crippen LogP contribution in [0.25, 0.3) is 0 Å². The molecule has 0 aromatic heterocycles. The van der Waals surface area contributed by atoms with Crippen LogP contribution in [0.2, 0.25) is 0 Å². The Morgan fingerprint density at radius 3 is 2.25 bits per heavy atom. The summed E-state index contributed by atoms with van der Waals surface area (Å²) in [5, 5.41) is 0. The maximum Gasteiger partial charge on any atom is 0.0374 e. The van der Waals surface area contributed by atoms with Crippen molar-refractivity contribution in [3.63, 3.8) is 0 Å². The zero-order valence-electron chi connectivity index (χ0n) is 5.38. The van der Waals surface area contributed by atoms with E-state index in [2.05, 4.69) is 29.8 Å². The van der Waals surface area contributed by atoms with Crippen LogP contribution in [0.1, 0.15) is 26.7 Å². The largest absolute Gasteiger partial charge is 0.125 e. The Kier molecular flexibility index (Phi) is 4.09. The summed E-state index contributed by atoms with van der Waals surface area (Å²) < 4.78 is 0.170. The molecule has 0 radical (unpaired) electrons. The average molecular weight is 200 g/mol. The number of hydrogen-bond acceptors (Lipinski definition) is 0. The van der Waals surface area contributed by atoms with Gasteiger partial charge in [0.2, 0.25) is 0 Å². The monoisotopic (exact) mass is 198 g/mol. The van der Waals surface area contributed by atoms with E-state index in [-0.39, 0.29) is 4.32 Å². The molecule has 0 aliphatic heterocycles. The summed E-state index contributed by atoms with van der Waals surface area (Å²) in [5.41, 5.74) is 0. The smallest absolute Gasteiger partial charge is 0.0374 e. The minimum absolute atomic E-state index is 0.170. The lowest BCUT2D eigenvalue weighted by atomic mass is 10.1. The first-order valence-electron chi connectivity index (χ1n) is 2.87. The van der Waals surface area contributed by atoms with Crippen LogP contribution in [0.15, 0.2) is 0 Å². The van der Waals surface area contributed by atoms with Crippen molar-refractivity contribution in [2.75, 3.05) is 5.88 Å². The van der Waals surface area contributed by atoms with Gasteiger partial charge in [-0.3, -0.25) is 0 Å². The van der Waals surface area contributed by atoms with Crippen molar-refractivity contribution in [3.8, 4) is 0 Å². The van der Waals surface area contributed by atoms with Crippen LogP contribution in [0.4, 0.5) is 0 Å². The summed E-state index contributed by atoms with van der Waals surface area (Å²) in [5.74, 6) is 0.695. The highest BCUT2D eigenvalue weighted by molar-refractivity contribution is 9.10. The summed E-state index contributed by atoms with van der Waals surface area (Å²) in [6.07, 6.45) is 2.34. The molecule has 1 atom stereocenters. The quantitative estimate of drug-likeness (QED) is 0.613. The van der Waals surface area contributed by atoms with E-state index < -0.39 is 0 Å². The second kappa shape index (κ2) is 3.73. The predicted octanol–water partition coefficient (Wildman–Crippen LogP) is 3.18. The van der Waals surface area contributed by atoms with Gasteiger partial charge in [-0.1, -0.05) is 29.3 Å². The molecular weight excluding hydrogens is 187 g/mol. The first-order chi connectivity index (χ1) is 3.62. The highest BCUT2D eigenvalue weighted by atomic mass is 79.9. The van der Waals surface area contributed by atoms with Crippen LogP contribution in [0.5, 0.6) is 0 Å². The molecule has 0 bridgehead atoms. The van der Waals surface area contributed by atoms with E-state index in [0.29, 0.717) is 5.88 Å². The summed E-state index contributed by atoms with van der Waals surface area (Å²) in [7, 11) is 0. The lowest BCUT2D eigenvalue weighted by Gasteiger charge is -2.16. The standard InChI is InChI=1S/C6H12BrCl/c1-3-4-6(2,7)5-8/h3-5H2,1-2H3. The summed E-state index contributed by atoms with van der Waals surface area (Å²) in [6.45, 7) is 4.27. The third kappa shape index (κ3) is 3.73. The zero-order valence-corrected chi connectivity index (χ0v) is 7.72. The van der Waals surface area contributed by atoms with E-state index in [0.717, 1.165) is 6.42 Å². The van der Waals surface area contributed by atoms with Crippen LogP contribution in [0.3, 0.4) is 0 Å². The van der Waals surface area contributed by atoms with Gasteiger partial charge in [0, 0.05) is 10.2 Å². The zero-order chi connectivity index (χ0) is 6.62. The van der Waals surface area contributed by atoms with Gasteiger partial charge in [-0.25, -0.2) is 0 Å². The first-order valence-corrected chi connectivity index (χ1v) is 4.20. The van der Waals surface area contributed by atoms with Gasteiger partial charge >= 0.3 is 0 Å². The van der Waals surface area contributed by atoms with Gasteiger partial charge in [0.05, 0.1) is 0 Å². The van der Waals surface area contributed by atoms with Gasteiger partial charge < -0.3 is 0 Å². The molecule has 50 valence electrons. The number of hydrogen-bond donors (Lipinski definition) is 0. The van der Waals surface area contributed by atoms with E-state index in [9.17, 15) is 0 Å². The van der Waals surface area contributed by atoms with Crippen molar-refractivity contribution in [1.82, 2.24) is 0 Å². The van der Waals surface area contributed by atoms with Gasteiger partial charge in [0.15, 0.2) is 0 Å². The lowest BCUT2D eigenvalue weighted by Crippen LogP contribution is -2.16. The molecule has 0 spiro atoms. The molecule has 0 aromatic carbocycles. The third-order valence-electron chi connectivity index (χ3n) is 1.05. The van der Waals surface area contributed by atoms with Crippen LogP contribution in [0, 0.1) is 0 Å². The Balaban J connectivity index is 3.37. The Hall–Kier alpha value is 0.770. The van der Waals surface area contributed by atoms with Crippen LogP contribution in [-0.2, 0) is 0 Å². The van der Waals surface area contributed by atoms with Crippen LogP contribution >= 0.6 is 27.5 Å². The van der Waals surface area contributed by atoms with E-state index in [1.807, 2.05) is 0 Å². The third-order valence-corrected chi connectivity index (χ3v) is 2.64. The van der Waals surface area contributed by atoms with Gasteiger partial charge in [-0.2, -0.15) is 0 Å². The molecule has 0 rings (SSSR count). The molecule has 0 heterocycles. The second-order valence-corrected chi connectivity index (χ2v) is 4.48. The fourth-order valence-electron chi connectivity index (χ4n) is 0.588. The Morgan fingerprint density at radius 1 is 1.62 bits per heavy atom.